The van der Waals surface area contributed by atoms with Gasteiger partial charge < -0.3 is 4.90 Å². The molecule has 0 radical (unpaired) electrons. The van der Waals surface area contributed by atoms with Crippen LogP contribution in [-0.4, -0.2) is 51.8 Å². The lowest BCUT2D eigenvalue weighted by molar-refractivity contribution is 0.198. The summed E-state index contributed by atoms with van der Waals surface area (Å²) >= 11 is 0. The van der Waals surface area contributed by atoms with Gasteiger partial charge >= 0.3 is 0 Å². The average molecular weight is 423 g/mol. The zero-order valence-corrected chi connectivity index (χ0v) is 18.8. The predicted molar refractivity (Wildman–Crippen MR) is 122 cm³/mol. The van der Waals surface area contributed by atoms with E-state index in [1.54, 1.807) is 12.1 Å². The standard InChI is InChI=1S/C24H31FN6/c1-5-31-17(2)20(13-27-31)16-30-11-7-9-19(15-30)23-22(14-26-24(28-23)29(3)4)18-8-6-10-21(25)12-18/h6,8,10,12-14,19H,5,7,9,11,15-16H2,1-4H3. The maximum atomic E-state index is 13.9. The second-order valence-electron chi connectivity index (χ2n) is 8.52. The number of nitrogens with zero attached hydrogens (tertiary/aromatic N) is 6. The van der Waals surface area contributed by atoms with Crippen LogP contribution in [0.4, 0.5) is 10.3 Å². The number of benzene rings is 1. The van der Waals surface area contributed by atoms with Crippen LogP contribution in [0.25, 0.3) is 11.1 Å². The Hall–Kier alpha value is -2.80. The van der Waals surface area contributed by atoms with Gasteiger partial charge in [0.1, 0.15) is 5.82 Å². The minimum absolute atomic E-state index is 0.242. The monoisotopic (exact) mass is 422 g/mol. The Morgan fingerprint density at radius 2 is 2.06 bits per heavy atom. The normalized spacial score (nSPS) is 17.1. The molecule has 0 aliphatic carbocycles. The number of likely N-dealkylation sites (tertiary alicyclic amines) is 1. The van der Waals surface area contributed by atoms with E-state index in [9.17, 15) is 4.39 Å². The van der Waals surface area contributed by atoms with Crippen molar-refractivity contribution in [3.8, 4) is 11.1 Å². The van der Waals surface area contributed by atoms with Gasteiger partial charge in [0.2, 0.25) is 5.95 Å². The molecule has 0 N–H and O–H groups in total. The summed E-state index contributed by atoms with van der Waals surface area (Å²) in [4.78, 5) is 13.9. The second-order valence-corrected chi connectivity index (χ2v) is 8.52. The van der Waals surface area contributed by atoms with E-state index in [2.05, 4.69) is 28.8 Å². The molecule has 0 saturated carbocycles. The minimum Gasteiger partial charge on any atom is -0.347 e. The van der Waals surface area contributed by atoms with Gasteiger partial charge in [-0.15, -0.1) is 0 Å². The molecule has 31 heavy (non-hydrogen) atoms. The fraction of sp³-hybridized carbons (Fsp3) is 0.458. The Morgan fingerprint density at radius 1 is 1.23 bits per heavy atom. The van der Waals surface area contributed by atoms with Gasteiger partial charge in [0.25, 0.3) is 0 Å². The molecule has 0 amide bonds. The lowest BCUT2D eigenvalue weighted by atomic mass is 9.89. The number of anilines is 1. The SMILES string of the molecule is CCn1ncc(CN2CCCC(c3nc(N(C)C)ncc3-c3cccc(F)c3)C2)c1C. The zero-order chi connectivity index (χ0) is 22.0. The van der Waals surface area contributed by atoms with E-state index in [0.717, 1.165) is 55.8 Å². The smallest absolute Gasteiger partial charge is 0.225 e. The van der Waals surface area contributed by atoms with E-state index >= 15 is 0 Å². The molecule has 0 spiro atoms. The predicted octanol–water partition coefficient (Wildman–Crippen LogP) is 4.25. The van der Waals surface area contributed by atoms with Gasteiger partial charge in [0.15, 0.2) is 0 Å². The second kappa shape index (κ2) is 9.14. The van der Waals surface area contributed by atoms with Crippen LogP contribution in [0.15, 0.2) is 36.7 Å². The van der Waals surface area contributed by atoms with E-state index in [1.165, 1.54) is 17.3 Å². The minimum atomic E-state index is -0.242. The molecular weight excluding hydrogens is 391 g/mol. The van der Waals surface area contributed by atoms with Gasteiger partial charge in [-0.25, -0.2) is 14.4 Å². The van der Waals surface area contributed by atoms with Gasteiger partial charge in [-0.1, -0.05) is 12.1 Å². The Labute approximate surface area is 183 Å². The van der Waals surface area contributed by atoms with Gasteiger partial charge in [0, 0.05) is 62.7 Å². The van der Waals surface area contributed by atoms with Crippen molar-refractivity contribution >= 4 is 5.95 Å². The summed E-state index contributed by atoms with van der Waals surface area (Å²) < 4.78 is 16.0. The summed E-state index contributed by atoms with van der Waals surface area (Å²) in [5.74, 6) is 0.719. The van der Waals surface area contributed by atoms with Crippen LogP contribution in [0.3, 0.4) is 0 Å². The highest BCUT2D eigenvalue weighted by Gasteiger charge is 2.27. The van der Waals surface area contributed by atoms with Crippen molar-refractivity contribution in [2.24, 2.45) is 0 Å². The topological polar surface area (TPSA) is 50.1 Å². The molecule has 4 rings (SSSR count). The molecule has 1 aromatic carbocycles. The molecule has 1 saturated heterocycles. The van der Waals surface area contributed by atoms with Crippen LogP contribution in [0.5, 0.6) is 0 Å². The highest BCUT2D eigenvalue weighted by molar-refractivity contribution is 5.66. The number of aromatic nitrogens is 4. The number of piperidine rings is 1. The number of aryl methyl sites for hydroxylation is 1. The van der Waals surface area contributed by atoms with Crippen LogP contribution in [0.2, 0.25) is 0 Å². The maximum absolute atomic E-state index is 13.9. The zero-order valence-electron chi connectivity index (χ0n) is 18.8. The highest BCUT2D eigenvalue weighted by Crippen LogP contribution is 2.34. The van der Waals surface area contributed by atoms with Crippen molar-refractivity contribution in [2.75, 3.05) is 32.1 Å². The van der Waals surface area contributed by atoms with Crippen molar-refractivity contribution in [1.29, 1.82) is 0 Å². The summed E-state index contributed by atoms with van der Waals surface area (Å²) in [6.45, 7) is 8.02. The molecular formula is C24H31FN6. The number of hydrogen-bond acceptors (Lipinski definition) is 5. The maximum Gasteiger partial charge on any atom is 0.225 e. The van der Waals surface area contributed by atoms with E-state index in [4.69, 9.17) is 4.98 Å². The van der Waals surface area contributed by atoms with Gasteiger partial charge in [-0.05, 0) is 50.9 Å². The molecule has 1 aliphatic rings. The summed E-state index contributed by atoms with van der Waals surface area (Å²) in [7, 11) is 3.89. The first-order chi connectivity index (χ1) is 15.0. The van der Waals surface area contributed by atoms with Crippen molar-refractivity contribution in [3.05, 3.63) is 59.4 Å². The van der Waals surface area contributed by atoms with Crippen LogP contribution in [0.1, 0.15) is 42.6 Å². The van der Waals surface area contributed by atoms with E-state index < -0.39 is 0 Å². The molecule has 7 heteroatoms. The molecule has 0 bridgehead atoms. The average Bonchev–Trinajstić information content (AvgIpc) is 3.12. The molecule has 3 heterocycles. The molecule has 1 aliphatic heterocycles. The fourth-order valence-corrected chi connectivity index (χ4v) is 4.41. The fourth-order valence-electron chi connectivity index (χ4n) is 4.41. The largest absolute Gasteiger partial charge is 0.347 e. The first-order valence-electron chi connectivity index (χ1n) is 11.0. The number of rotatable bonds is 6. The Bertz CT molecular complexity index is 1040. The third-order valence-corrected chi connectivity index (χ3v) is 6.13. The molecule has 1 unspecified atom stereocenters. The van der Waals surface area contributed by atoms with Gasteiger partial charge in [-0.2, -0.15) is 5.10 Å². The molecule has 1 fully saturated rings. The molecule has 164 valence electrons. The van der Waals surface area contributed by atoms with E-state index in [1.807, 2.05) is 42.1 Å². The van der Waals surface area contributed by atoms with Crippen LogP contribution >= 0.6 is 0 Å². The van der Waals surface area contributed by atoms with Crippen molar-refractivity contribution in [1.82, 2.24) is 24.6 Å². The summed E-state index contributed by atoms with van der Waals surface area (Å²) in [5, 5.41) is 4.50. The molecule has 3 aromatic rings. The van der Waals surface area contributed by atoms with E-state index in [-0.39, 0.29) is 11.7 Å². The number of halogens is 1. The van der Waals surface area contributed by atoms with E-state index in [0.29, 0.717) is 5.95 Å². The quantitative estimate of drug-likeness (QED) is 0.594. The molecule has 6 nitrogen and oxygen atoms in total. The Kier molecular flexibility index (Phi) is 6.32. The Morgan fingerprint density at radius 3 is 2.77 bits per heavy atom. The highest BCUT2D eigenvalue weighted by atomic mass is 19.1. The first kappa shape index (κ1) is 21.4. The molecule has 1 atom stereocenters. The lowest BCUT2D eigenvalue weighted by Gasteiger charge is -2.33. The lowest BCUT2D eigenvalue weighted by Crippen LogP contribution is -2.34. The third kappa shape index (κ3) is 4.61. The van der Waals surface area contributed by atoms with Gasteiger partial charge in [0.05, 0.1) is 11.9 Å². The van der Waals surface area contributed by atoms with Crippen molar-refractivity contribution in [3.63, 3.8) is 0 Å². The van der Waals surface area contributed by atoms with Crippen LogP contribution in [0, 0.1) is 12.7 Å². The Balaban J connectivity index is 1.63. The van der Waals surface area contributed by atoms with Crippen LogP contribution in [-0.2, 0) is 13.1 Å². The van der Waals surface area contributed by atoms with Crippen molar-refractivity contribution < 1.29 is 4.39 Å². The third-order valence-electron chi connectivity index (χ3n) is 6.13. The van der Waals surface area contributed by atoms with Gasteiger partial charge in [-0.3, -0.25) is 9.58 Å². The number of hydrogen-bond donors (Lipinski definition) is 0. The van der Waals surface area contributed by atoms with Crippen molar-refractivity contribution in [2.45, 2.75) is 45.7 Å². The first-order valence-corrected chi connectivity index (χ1v) is 11.0. The van der Waals surface area contributed by atoms with Crippen LogP contribution < -0.4 is 4.90 Å². The summed E-state index contributed by atoms with van der Waals surface area (Å²) in [6.07, 6.45) is 6.02. The summed E-state index contributed by atoms with van der Waals surface area (Å²) in [5.41, 5.74) is 5.28. The molecule has 2 aromatic heterocycles. The summed E-state index contributed by atoms with van der Waals surface area (Å²) in [6, 6.07) is 6.72.